The number of hydrogen-bond acceptors (Lipinski definition) is 1. The fourth-order valence-corrected chi connectivity index (χ4v) is 8.93. The Bertz CT molecular complexity index is 676. The second-order valence-corrected chi connectivity index (χ2v) is 12.4. The van der Waals surface area contributed by atoms with Crippen LogP contribution in [-0.4, -0.2) is 11.2 Å². The Kier molecular flexibility index (Phi) is 6.35. The molecule has 1 nitrogen and oxygen atoms in total. The van der Waals surface area contributed by atoms with Gasteiger partial charge in [-0.2, -0.15) is 0 Å². The molecule has 3 saturated carbocycles. The van der Waals surface area contributed by atoms with Crippen LogP contribution in [0.25, 0.3) is 0 Å². The Morgan fingerprint density at radius 3 is 2.50 bits per heavy atom. The summed E-state index contributed by atoms with van der Waals surface area (Å²) >= 11 is 0. The molecule has 30 heavy (non-hydrogen) atoms. The van der Waals surface area contributed by atoms with Crippen molar-refractivity contribution in [1.82, 2.24) is 0 Å². The minimum atomic E-state index is -0.0465. The van der Waals surface area contributed by atoms with Gasteiger partial charge in [-0.25, -0.2) is 0 Å². The van der Waals surface area contributed by atoms with Crippen molar-refractivity contribution < 1.29 is 5.11 Å². The summed E-state index contributed by atoms with van der Waals surface area (Å²) in [6.07, 6.45) is 16.8. The molecule has 4 aliphatic rings. The first kappa shape index (κ1) is 22.6. The van der Waals surface area contributed by atoms with Gasteiger partial charge in [0.15, 0.2) is 0 Å². The largest absolute Gasteiger partial charge is 0.393 e. The number of hydrogen-bond donors (Lipinski definition) is 1. The zero-order valence-corrected chi connectivity index (χ0v) is 20.6. The minimum Gasteiger partial charge on any atom is -0.393 e. The van der Waals surface area contributed by atoms with E-state index in [1.54, 1.807) is 0 Å². The van der Waals surface area contributed by atoms with Crippen LogP contribution in [0.5, 0.6) is 0 Å². The Morgan fingerprint density at radius 2 is 1.80 bits per heavy atom. The third-order valence-electron chi connectivity index (χ3n) is 11.0. The molecule has 9 atom stereocenters. The summed E-state index contributed by atoms with van der Waals surface area (Å²) in [5, 5.41) is 10.3. The van der Waals surface area contributed by atoms with Crippen molar-refractivity contribution in [2.45, 2.75) is 111 Å². The second kappa shape index (κ2) is 8.42. The van der Waals surface area contributed by atoms with Gasteiger partial charge in [-0.1, -0.05) is 51.5 Å². The number of rotatable bonds is 6. The standard InChI is InChI=1S/C29H48O/c1-7-21(19(2)3)9-8-20(4)25-12-13-26-24-11-10-22-18-23(30)14-16-28(22,5)27(24)15-17-29(25,26)6/h11,20-23,25-27,30H,2,7-10,12-18H2,1,3-6H3/t20-,21+,22?,23+,25-,26+,27+,28+,29-/m1/s1. The molecular weight excluding hydrogens is 364 g/mol. The van der Waals surface area contributed by atoms with Gasteiger partial charge in [0.1, 0.15) is 0 Å². The molecule has 0 aromatic rings. The first-order chi connectivity index (χ1) is 14.2. The van der Waals surface area contributed by atoms with Crippen LogP contribution in [-0.2, 0) is 0 Å². The van der Waals surface area contributed by atoms with Gasteiger partial charge in [-0.05, 0) is 124 Å². The number of allylic oxidation sites excluding steroid dienone is 3. The van der Waals surface area contributed by atoms with Crippen LogP contribution in [0.2, 0.25) is 0 Å². The van der Waals surface area contributed by atoms with Crippen molar-refractivity contribution in [2.24, 2.45) is 46.3 Å². The SMILES string of the molecule is C=C(C)[C@@H](CC)CC[C@@H](C)[C@H]1CC[C@H]2C3=CCC4C[C@@H](O)CC[C@]4(C)[C@H]3CC[C@]12C. The van der Waals surface area contributed by atoms with Crippen LogP contribution in [0.4, 0.5) is 0 Å². The Balaban J connectivity index is 1.49. The van der Waals surface area contributed by atoms with Crippen LogP contribution in [0.15, 0.2) is 23.8 Å². The molecule has 1 heteroatoms. The van der Waals surface area contributed by atoms with E-state index in [4.69, 9.17) is 0 Å². The third kappa shape index (κ3) is 3.66. The summed E-state index contributed by atoms with van der Waals surface area (Å²) in [6.45, 7) is 16.6. The molecule has 0 bridgehead atoms. The van der Waals surface area contributed by atoms with E-state index in [0.29, 0.717) is 22.7 Å². The van der Waals surface area contributed by atoms with Crippen LogP contribution >= 0.6 is 0 Å². The molecule has 0 spiro atoms. The Hall–Kier alpha value is -0.560. The van der Waals surface area contributed by atoms with Gasteiger partial charge < -0.3 is 5.11 Å². The van der Waals surface area contributed by atoms with E-state index in [-0.39, 0.29) is 6.10 Å². The van der Waals surface area contributed by atoms with E-state index in [1.165, 1.54) is 63.4 Å². The fraction of sp³-hybridized carbons (Fsp3) is 0.862. The highest BCUT2D eigenvalue weighted by Crippen LogP contribution is 2.67. The Morgan fingerprint density at radius 1 is 1.10 bits per heavy atom. The summed E-state index contributed by atoms with van der Waals surface area (Å²) < 4.78 is 0. The topological polar surface area (TPSA) is 20.2 Å². The molecule has 0 aromatic heterocycles. The highest BCUT2D eigenvalue weighted by molar-refractivity contribution is 5.27. The summed E-state index contributed by atoms with van der Waals surface area (Å²) in [7, 11) is 0. The fourth-order valence-electron chi connectivity index (χ4n) is 8.93. The molecule has 4 rings (SSSR count). The summed E-state index contributed by atoms with van der Waals surface area (Å²) in [4.78, 5) is 0. The van der Waals surface area contributed by atoms with E-state index < -0.39 is 0 Å². The second-order valence-electron chi connectivity index (χ2n) is 12.4. The predicted molar refractivity (Wildman–Crippen MR) is 128 cm³/mol. The molecular formula is C29H48O. The van der Waals surface area contributed by atoms with Gasteiger partial charge in [-0.3, -0.25) is 0 Å². The van der Waals surface area contributed by atoms with Crippen molar-refractivity contribution in [3.63, 3.8) is 0 Å². The molecule has 0 amide bonds. The van der Waals surface area contributed by atoms with E-state index in [2.05, 4.69) is 47.3 Å². The van der Waals surface area contributed by atoms with Gasteiger partial charge in [0.2, 0.25) is 0 Å². The van der Waals surface area contributed by atoms with Crippen LogP contribution < -0.4 is 0 Å². The molecule has 0 radical (unpaired) electrons. The molecule has 0 saturated heterocycles. The zero-order chi connectivity index (χ0) is 21.7. The van der Waals surface area contributed by atoms with E-state index in [9.17, 15) is 5.11 Å². The number of fused-ring (bicyclic) bond motifs is 5. The normalized spacial score (nSPS) is 45.0. The van der Waals surface area contributed by atoms with E-state index in [0.717, 1.165) is 36.5 Å². The number of aliphatic hydroxyl groups excluding tert-OH is 1. The van der Waals surface area contributed by atoms with Crippen LogP contribution in [0, 0.1) is 46.3 Å². The van der Waals surface area contributed by atoms with Gasteiger partial charge >= 0.3 is 0 Å². The highest BCUT2D eigenvalue weighted by Gasteiger charge is 2.58. The van der Waals surface area contributed by atoms with Crippen molar-refractivity contribution in [2.75, 3.05) is 0 Å². The lowest BCUT2D eigenvalue weighted by molar-refractivity contribution is -0.0428. The number of aliphatic hydroxyl groups is 1. The lowest BCUT2D eigenvalue weighted by atomic mass is 9.47. The van der Waals surface area contributed by atoms with Crippen molar-refractivity contribution in [1.29, 1.82) is 0 Å². The lowest BCUT2D eigenvalue weighted by Gasteiger charge is -2.57. The Labute approximate surface area is 186 Å². The molecule has 0 aliphatic heterocycles. The maximum atomic E-state index is 10.3. The predicted octanol–water partition coefficient (Wildman–Crippen LogP) is 7.94. The van der Waals surface area contributed by atoms with E-state index >= 15 is 0 Å². The van der Waals surface area contributed by atoms with Crippen molar-refractivity contribution >= 4 is 0 Å². The van der Waals surface area contributed by atoms with E-state index in [1.807, 2.05) is 5.57 Å². The van der Waals surface area contributed by atoms with Crippen molar-refractivity contribution in [3.8, 4) is 0 Å². The minimum absolute atomic E-state index is 0.0465. The monoisotopic (exact) mass is 412 g/mol. The lowest BCUT2D eigenvalue weighted by Crippen LogP contribution is -2.49. The van der Waals surface area contributed by atoms with Gasteiger partial charge in [0.25, 0.3) is 0 Å². The maximum absolute atomic E-state index is 10.3. The smallest absolute Gasteiger partial charge is 0.0543 e. The molecule has 3 fully saturated rings. The van der Waals surface area contributed by atoms with Crippen LogP contribution in [0.3, 0.4) is 0 Å². The summed E-state index contributed by atoms with van der Waals surface area (Å²) in [5.41, 5.74) is 4.21. The molecule has 0 heterocycles. The van der Waals surface area contributed by atoms with Crippen molar-refractivity contribution in [3.05, 3.63) is 23.8 Å². The zero-order valence-electron chi connectivity index (χ0n) is 20.6. The van der Waals surface area contributed by atoms with Gasteiger partial charge in [-0.15, -0.1) is 0 Å². The average Bonchev–Trinajstić information content (AvgIpc) is 3.06. The first-order valence-corrected chi connectivity index (χ1v) is 13.2. The highest BCUT2D eigenvalue weighted by atomic mass is 16.3. The molecule has 1 N–H and O–H groups in total. The van der Waals surface area contributed by atoms with Crippen LogP contribution in [0.1, 0.15) is 105 Å². The first-order valence-electron chi connectivity index (χ1n) is 13.2. The summed E-state index contributed by atoms with van der Waals surface area (Å²) in [6, 6.07) is 0. The quantitative estimate of drug-likeness (QED) is 0.439. The summed E-state index contributed by atoms with van der Waals surface area (Å²) in [5.74, 6) is 4.78. The maximum Gasteiger partial charge on any atom is 0.0543 e. The third-order valence-corrected chi connectivity index (χ3v) is 11.0. The average molecular weight is 413 g/mol. The molecule has 170 valence electrons. The molecule has 0 aromatic carbocycles. The molecule has 1 unspecified atom stereocenters. The van der Waals surface area contributed by atoms with Gasteiger partial charge in [0, 0.05) is 0 Å². The van der Waals surface area contributed by atoms with Gasteiger partial charge in [0.05, 0.1) is 6.10 Å². The molecule has 4 aliphatic carbocycles.